The fraction of sp³-hybridized carbons (Fsp3) is 0.292. The third-order valence-electron chi connectivity index (χ3n) is 5.92. The smallest absolute Gasteiger partial charge is 0.289 e. The molecule has 5 rings (SSSR count). The van der Waals surface area contributed by atoms with Gasteiger partial charge in [-0.25, -0.2) is 9.97 Å². The second-order valence-electron chi connectivity index (χ2n) is 8.34. The van der Waals surface area contributed by atoms with Crippen molar-refractivity contribution in [3.63, 3.8) is 0 Å². The first-order chi connectivity index (χ1) is 16.9. The van der Waals surface area contributed by atoms with E-state index in [1.165, 1.54) is 22.7 Å². The molecule has 2 N–H and O–H groups in total. The lowest BCUT2D eigenvalue weighted by Gasteiger charge is -2.30. The molecule has 11 heteroatoms. The number of rotatable bonds is 4. The van der Waals surface area contributed by atoms with Crippen LogP contribution in [0.4, 0.5) is 0 Å². The Kier molecular flexibility index (Phi) is 6.35. The van der Waals surface area contributed by atoms with Crippen molar-refractivity contribution in [2.24, 2.45) is 0 Å². The molecule has 1 aliphatic heterocycles. The van der Waals surface area contributed by atoms with E-state index in [9.17, 15) is 14.4 Å². The van der Waals surface area contributed by atoms with E-state index in [0.717, 1.165) is 28.2 Å². The van der Waals surface area contributed by atoms with Gasteiger partial charge in [0.15, 0.2) is 5.76 Å². The lowest BCUT2D eigenvalue weighted by Crippen LogP contribution is -2.41. The number of nitrogens with one attached hydrogen (secondary N) is 2. The second kappa shape index (κ2) is 9.59. The number of hydrogen-bond acceptors (Lipinski definition) is 8. The van der Waals surface area contributed by atoms with Crippen LogP contribution < -0.4 is 10.9 Å². The maximum absolute atomic E-state index is 12.9. The van der Waals surface area contributed by atoms with E-state index in [1.807, 2.05) is 31.2 Å². The third kappa shape index (κ3) is 4.82. The van der Waals surface area contributed by atoms with E-state index >= 15 is 0 Å². The monoisotopic (exact) mass is 509 g/mol. The standard InChI is InChI=1S/C24H23N5O4S2/c1-13-20(35-14(2)25-13)22(31)28-27-21(30)17-12-34-23(26-17)15-7-9-29(10-8-15)24(32)19-11-16-5-3-4-6-18(16)33-19/h3-6,11-12,15H,7-10H2,1-2H3,(H,27,30)(H,28,31). The molecule has 1 saturated heterocycles. The van der Waals surface area contributed by atoms with E-state index in [-0.39, 0.29) is 17.5 Å². The summed E-state index contributed by atoms with van der Waals surface area (Å²) in [5.74, 6) is -0.473. The number of amides is 3. The molecule has 3 aromatic heterocycles. The average molecular weight is 510 g/mol. The van der Waals surface area contributed by atoms with Crippen molar-refractivity contribution in [3.05, 3.63) is 67.8 Å². The summed E-state index contributed by atoms with van der Waals surface area (Å²) in [4.78, 5) is 48.6. The zero-order chi connectivity index (χ0) is 24.5. The first-order valence-corrected chi connectivity index (χ1v) is 12.9. The molecule has 1 aliphatic rings. The molecule has 35 heavy (non-hydrogen) atoms. The van der Waals surface area contributed by atoms with Crippen molar-refractivity contribution in [2.75, 3.05) is 13.1 Å². The Bertz CT molecular complexity index is 1380. The molecular weight excluding hydrogens is 486 g/mol. The normalized spacial score (nSPS) is 14.3. The van der Waals surface area contributed by atoms with Gasteiger partial charge < -0.3 is 9.32 Å². The topological polar surface area (TPSA) is 117 Å². The van der Waals surface area contributed by atoms with Crippen LogP contribution in [0.15, 0.2) is 40.1 Å². The zero-order valence-corrected chi connectivity index (χ0v) is 20.8. The highest BCUT2D eigenvalue weighted by Crippen LogP contribution is 2.31. The number of thiazole rings is 2. The number of hydrazine groups is 1. The molecule has 0 radical (unpaired) electrons. The van der Waals surface area contributed by atoms with Gasteiger partial charge in [-0.2, -0.15) is 0 Å². The average Bonchev–Trinajstić information content (AvgIpc) is 3.60. The van der Waals surface area contributed by atoms with Gasteiger partial charge in [-0.15, -0.1) is 22.7 Å². The number of hydrogen-bond donors (Lipinski definition) is 2. The molecule has 0 spiro atoms. The highest BCUT2D eigenvalue weighted by Gasteiger charge is 2.28. The molecule has 1 fully saturated rings. The first kappa shape index (κ1) is 23.2. The Morgan fingerprint density at radius 3 is 2.51 bits per heavy atom. The molecule has 0 atom stereocenters. The Labute approximate surface area is 209 Å². The summed E-state index contributed by atoms with van der Waals surface area (Å²) in [5.41, 5.74) is 6.43. The molecule has 0 aliphatic carbocycles. The summed E-state index contributed by atoms with van der Waals surface area (Å²) in [5, 5.41) is 4.23. The van der Waals surface area contributed by atoms with Gasteiger partial charge in [0.1, 0.15) is 16.2 Å². The van der Waals surface area contributed by atoms with Gasteiger partial charge in [0.25, 0.3) is 17.7 Å². The number of carbonyl (C=O) groups is 3. The van der Waals surface area contributed by atoms with Gasteiger partial charge in [0.2, 0.25) is 0 Å². The van der Waals surface area contributed by atoms with Crippen LogP contribution in [0.1, 0.15) is 65.2 Å². The summed E-state index contributed by atoms with van der Waals surface area (Å²) in [7, 11) is 0. The van der Waals surface area contributed by atoms with Crippen molar-refractivity contribution in [1.29, 1.82) is 0 Å². The van der Waals surface area contributed by atoms with E-state index in [2.05, 4.69) is 20.8 Å². The predicted molar refractivity (Wildman–Crippen MR) is 133 cm³/mol. The molecule has 4 aromatic rings. The Morgan fingerprint density at radius 2 is 1.80 bits per heavy atom. The number of likely N-dealkylation sites (tertiary alicyclic amines) is 1. The van der Waals surface area contributed by atoms with Crippen LogP contribution in [0.2, 0.25) is 0 Å². The fourth-order valence-electron chi connectivity index (χ4n) is 4.13. The zero-order valence-electron chi connectivity index (χ0n) is 19.2. The molecular formula is C24H23N5O4S2. The van der Waals surface area contributed by atoms with E-state index < -0.39 is 11.8 Å². The number of benzene rings is 1. The Morgan fingerprint density at radius 1 is 1.06 bits per heavy atom. The maximum Gasteiger partial charge on any atom is 0.289 e. The number of fused-ring (bicyclic) bond motifs is 1. The number of carbonyl (C=O) groups excluding carboxylic acids is 3. The summed E-state index contributed by atoms with van der Waals surface area (Å²) in [6.45, 7) is 4.75. The van der Waals surface area contributed by atoms with Crippen molar-refractivity contribution in [3.8, 4) is 0 Å². The van der Waals surface area contributed by atoms with Crippen molar-refractivity contribution < 1.29 is 18.8 Å². The molecule has 4 heterocycles. The second-order valence-corrected chi connectivity index (χ2v) is 10.4. The number of aryl methyl sites for hydroxylation is 2. The Hall–Kier alpha value is -3.57. The SMILES string of the molecule is Cc1nc(C)c(C(=O)NNC(=O)c2csc(C3CCN(C(=O)c4cc5ccccc5o4)CC3)n2)s1. The molecule has 3 amide bonds. The van der Waals surface area contributed by atoms with Crippen LogP contribution in [-0.4, -0.2) is 45.7 Å². The third-order valence-corrected chi connectivity index (χ3v) is 8.00. The first-order valence-electron chi connectivity index (χ1n) is 11.2. The molecule has 0 unspecified atom stereocenters. The van der Waals surface area contributed by atoms with Crippen LogP contribution in [0.5, 0.6) is 0 Å². The molecule has 180 valence electrons. The lowest BCUT2D eigenvalue weighted by molar-refractivity contribution is 0.0683. The van der Waals surface area contributed by atoms with Crippen LogP contribution >= 0.6 is 22.7 Å². The number of piperidine rings is 1. The lowest BCUT2D eigenvalue weighted by atomic mass is 9.97. The number of nitrogens with zero attached hydrogens (tertiary/aromatic N) is 3. The molecule has 0 saturated carbocycles. The minimum Gasteiger partial charge on any atom is -0.451 e. The summed E-state index contributed by atoms with van der Waals surface area (Å²) in [6.07, 6.45) is 1.50. The van der Waals surface area contributed by atoms with Gasteiger partial charge in [-0.1, -0.05) is 18.2 Å². The Balaban J connectivity index is 1.15. The van der Waals surface area contributed by atoms with Crippen LogP contribution in [0, 0.1) is 13.8 Å². The number of furan rings is 1. The van der Waals surface area contributed by atoms with Gasteiger partial charge in [-0.05, 0) is 38.8 Å². The van der Waals surface area contributed by atoms with Crippen LogP contribution in [-0.2, 0) is 0 Å². The van der Waals surface area contributed by atoms with Crippen LogP contribution in [0.25, 0.3) is 11.0 Å². The minimum absolute atomic E-state index is 0.110. The van der Waals surface area contributed by atoms with Gasteiger partial charge in [0, 0.05) is 29.8 Å². The van der Waals surface area contributed by atoms with Gasteiger partial charge in [0.05, 0.1) is 15.7 Å². The summed E-state index contributed by atoms with van der Waals surface area (Å²) >= 11 is 2.69. The van der Waals surface area contributed by atoms with E-state index in [4.69, 9.17) is 4.42 Å². The van der Waals surface area contributed by atoms with Crippen molar-refractivity contribution in [1.82, 2.24) is 25.7 Å². The maximum atomic E-state index is 12.9. The van der Waals surface area contributed by atoms with Gasteiger partial charge in [-0.3, -0.25) is 25.2 Å². The highest BCUT2D eigenvalue weighted by atomic mass is 32.1. The highest BCUT2D eigenvalue weighted by molar-refractivity contribution is 7.13. The largest absolute Gasteiger partial charge is 0.451 e. The minimum atomic E-state index is -0.475. The summed E-state index contributed by atoms with van der Waals surface area (Å²) in [6, 6.07) is 9.35. The number of aromatic nitrogens is 2. The van der Waals surface area contributed by atoms with Gasteiger partial charge >= 0.3 is 0 Å². The van der Waals surface area contributed by atoms with Crippen molar-refractivity contribution >= 4 is 51.4 Å². The quantitative estimate of drug-likeness (QED) is 0.401. The van der Waals surface area contributed by atoms with Crippen molar-refractivity contribution in [2.45, 2.75) is 32.6 Å². The predicted octanol–water partition coefficient (Wildman–Crippen LogP) is 4.06. The van der Waals surface area contributed by atoms with E-state index in [1.54, 1.807) is 23.3 Å². The molecule has 9 nitrogen and oxygen atoms in total. The van der Waals surface area contributed by atoms with Crippen LogP contribution in [0.3, 0.4) is 0 Å². The summed E-state index contributed by atoms with van der Waals surface area (Å²) < 4.78 is 5.72. The van der Waals surface area contributed by atoms with E-state index in [0.29, 0.717) is 35.0 Å². The number of para-hydroxylation sites is 1. The fourth-order valence-corrected chi connectivity index (χ4v) is 5.91. The molecule has 1 aromatic carbocycles. The molecule has 0 bridgehead atoms.